The highest BCUT2D eigenvalue weighted by atomic mass is 127. The van der Waals surface area contributed by atoms with Crippen LogP contribution in [0.25, 0.3) is 17.0 Å². The lowest BCUT2D eigenvalue weighted by molar-refractivity contribution is -0.123. The van der Waals surface area contributed by atoms with E-state index >= 15 is 0 Å². The van der Waals surface area contributed by atoms with Crippen LogP contribution in [0.2, 0.25) is 10.0 Å². The van der Waals surface area contributed by atoms with E-state index in [0.29, 0.717) is 21.5 Å². The van der Waals surface area contributed by atoms with Crippen molar-refractivity contribution >= 4 is 85.7 Å². The molecule has 1 saturated heterocycles. The number of halogens is 3. The minimum absolute atomic E-state index is 0.258. The zero-order valence-corrected chi connectivity index (χ0v) is 22.2. The van der Waals surface area contributed by atoms with Gasteiger partial charge in [0.15, 0.2) is 0 Å². The fourth-order valence-electron chi connectivity index (χ4n) is 3.90. The number of hydrogen-bond acceptors (Lipinski definition) is 3. The van der Waals surface area contributed by atoms with Crippen LogP contribution in [-0.4, -0.2) is 20.6 Å². The third kappa shape index (κ3) is 4.77. The zero-order chi connectivity index (χ0) is 23.8. The quantitative estimate of drug-likeness (QED) is 0.169. The van der Waals surface area contributed by atoms with Gasteiger partial charge < -0.3 is 4.57 Å². The van der Waals surface area contributed by atoms with Crippen molar-refractivity contribution in [3.8, 4) is 0 Å². The Kier molecular flexibility index (Phi) is 6.75. The highest BCUT2D eigenvalue weighted by Gasteiger charge is 2.35. The monoisotopic (exact) mass is 618 g/mol. The number of para-hydroxylation sites is 1. The van der Waals surface area contributed by atoms with E-state index in [0.717, 1.165) is 42.9 Å². The summed E-state index contributed by atoms with van der Waals surface area (Å²) in [6, 6.07) is 21.2. The van der Waals surface area contributed by atoms with Crippen molar-refractivity contribution < 1.29 is 9.59 Å². The number of carbonyl (C=O) groups is 2. The van der Waals surface area contributed by atoms with Crippen molar-refractivity contribution in [2.24, 2.45) is 0 Å². The first-order chi connectivity index (χ1) is 16.4. The topological polar surface area (TPSA) is 42.3 Å². The maximum atomic E-state index is 13.1. The molecule has 170 valence electrons. The SMILES string of the molecule is O=C1S/C(=C\c2cn(Cc3ccc(Cl)cc3Cl)c3ccccc23)C(=O)N1Cc1ccc(I)cc1. The van der Waals surface area contributed by atoms with Gasteiger partial charge in [-0.2, -0.15) is 0 Å². The van der Waals surface area contributed by atoms with Crippen LogP contribution >= 0.6 is 57.6 Å². The van der Waals surface area contributed by atoms with Gasteiger partial charge in [0.1, 0.15) is 0 Å². The van der Waals surface area contributed by atoms with Crippen LogP contribution < -0.4 is 0 Å². The molecule has 5 rings (SSSR count). The van der Waals surface area contributed by atoms with Gasteiger partial charge in [0.2, 0.25) is 0 Å². The smallest absolute Gasteiger partial charge is 0.293 e. The molecular weight excluding hydrogens is 602 g/mol. The second kappa shape index (κ2) is 9.77. The average Bonchev–Trinajstić information content (AvgIpc) is 3.29. The van der Waals surface area contributed by atoms with Gasteiger partial charge in [-0.3, -0.25) is 14.5 Å². The van der Waals surface area contributed by atoms with Crippen LogP contribution in [-0.2, 0) is 17.9 Å². The van der Waals surface area contributed by atoms with Gasteiger partial charge in [0, 0.05) is 42.8 Å². The average molecular weight is 619 g/mol. The maximum absolute atomic E-state index is 13.1. The Labute approximate surface area is 224 Å². The Bertz CT molecular complexity index is 1460. The minimum Gasteiger partial charge on any atom is -0.342 e. The molecule has 34 heavy (non-hydrogen) atoms. The number of thioether (sulfide) groups is 1. The lowest BCUT2D eigenvalue weighted by Crippen LogP contribution is -2.27. The second-order valence-corrected chi connectivity index (χ2v) is 10.9. The number of amides is 2. The van der Waals surface area contributed by atoms with Gasteiger partial charge >= 0.3 is 0 Å². The van der Waals surface area contributed by atoms with Crippen LogP contribution in [0, 0.1) is 3.57 Å². The molecule has 2 heterocycles. The van der Waals surface area contributed by atoms with E-state index in [1.165, 1.54) is 4.90 Å². The van der Waals surface area contributed by atoms with Crippen LogP contribution in [0.3, 0.4) is 0 Å². The van der Waals surface area contributed by atoms with E-state index in [2.05, 4.69) is 27.2 Å². The second-order valence-electron chi connectivity index (χ2n) is 7.86. The molecule has 0 N–H and O–H groups in total. The summed E-state index contributed by atoms with van der Waals surface area (Å²) in [5.74, 6) is -0.272. The number of rotatable bonds is 5. The van der Waals surface area contributed by atoms with E-state index in [1.807, 2.05) is 66.9 Å². The molecule has 0 unspecified atom stereocenters. The Balaban J connectivity index is 1.46. The normalized spacial score (nSPS) is 15.1. The van der Waals surface area contributed by atoms with Crippen LogP contribution in [0.4, 0.5) is 4.79 Å². The first-order valence-electron chi connectivity index (χ1n) is 10.4. The molecule has 1 fully saturated rings. The Morgan fingerprint density at radius 3 is 2.47 bits per heavy atom. The molecule has 8 heteroatoms. The Hall–Kier alpha value is -2.26. The van der Waals surface area contributed by atoms with Crippen LogP contribution in [0.1, 0.15) is 16.7 Å². The predicted molar refractivity (Wildman–Crippen MR) is 148 cm³/mol. The standard InChI is InChI=1S/C26H17Cl2IN2O2S/c27-19-8-7-17(22(28)12-19)14-30-15-18(21-3-1-2-4-23(21)30)11-24-25(32)31(26(33)34-24)13-16-5-9-20(29)10-6-16/h1-12,15H,13-14H2/b24-11-. The summed E-state index contributed by atoms with van der Waals surface area (Å²) in [6.45, 7) is 0.814. The summed E-state index contributed by atoms with van der Waals surface area (Å²) in [7, 11) is 0. The van der Waals surface area contributed by atoms with E-state index in [1.54, 1.807) is 12.1 Å². The molecule has 2 amide bonds. The highest BCUT2D eigenvalue weighted by molar-refractivity contribution is 14.1. The van der Waals surface area contributed by atoms with Gasteiger partial charge in [0.05, 0.1) is 11.4 Å². The number of carbonyl (C=O) groups excluding carboxylic acids is 2. The van der Waals surface area contributed by atoms with Gasteiger partial charge in [-0.15, -0.1) is 0 Å². The van der Waals surface area contributed by atoms with Crippen molar-refractivity contribution in [2.45, 2.75) is 13.1 Å². The number of fused-ring (bicyclic) bond motifs is 1. The summed E-state index contributed by atoms with van der Waals surface area (Å²) in [5, 5.41) is 1.93. The third-order valence-electron chi connectivity index (χ3n) is 5.59. The number of benzene rings is 3. The summed E-state index contributed by atoms with van der Waals surface area (Å²) in [6.07, 6.45) is 3.80. The van der Waals surface area contributed by atoms with E-state index in [-0.39, 0.29) is 17.7 Å². The van der Waals surface area contributed by atoms with Gasteiger partial charge in [-0.1, -0.05) is 59.6 Å². The van der Waals surface area contributed by atoms with Gasteiger partial charge in [0.25, 0.3) is 11.1 Å². The lowest BCUT2D eigenvalue weighted by Gasteiger charge is -2.12. The summed E-state index contributed by atoms with van der Waals surface area (Å²) in [5.41, 5.74) is 3.75. The summed E-state index contributed by atoms with van der Waals surface area (Å²) < 4.78 is 3.19. The van der Waals surface area contributed by atoms with E-state index in [4.69, 9.17) is 23.2 Å². The number of imide groups is 1. The Morgan fingerprint density at radius 2 is 1.71 bits per heavy atom. The number of aromatic nitrogens is 1. The van der Waals surface area contributed by atoms with Crippen molar-refractivity contribution in [1.29, 1.82) is 0 Å². The van der Waals surface area contributed by atoms with Crippen LogP contribution in [0.5, 0.6) is 0 Å². The molecule has 0 saturated carbocycles. The van der Waals surface area contributed by atoms with E-state index in [9.17, 15) is 9.59 Å². The third-order valence-corrected chi connectivity index (χ3v) is 7.80. The van der Waals surface area contributed by atoms with Gasteiger partial charge in [-0.05, 0) is 81.9 Å². The summed E-state index contributed by atoms with van der Waals surface area (Å²) in [4.78, 5) is 27.4. The summed E-state index contributed by atoms with van der Waals surface area (Å²) >= 11 is 15.6. The van der Waals surface area contributed by atoms with Crippen molar-refractivity contribution in [1.82, 2.24) is 9.47 Å². The van der Waals surface area contributed by atoms with Gasteiger partial charge in [-0.25, -0.2) is 0 Å². The molecule has 0 atom stereocenters. The van der Waals surface area contributed by atoms with E-state index < -0.39 is 0 Å². The maximum Gasteiger partial charge on any atom is 0.293 e. The van der Waals surface area contributed by atoms with Crippen molar-refractivity contribution in [3.05, 3.63) is 108 Å². The number of hydrogen-bond donors (Lipinski definition) is 0. The zero-order valence-electron chi connectivity index (χ0n) is 17.7. The fourth-order valence-corrected chi connectivity index (χ4v) is 5.56. The molecule has 0 radical (unpaired) electrons. The molecule has 0 spiro atoms. The first-order valence-corrected chi connectivity index (χ1v) is 13.1. The van der Waals surface area contributed by atoms with Crippen molar-refractivity contribution in [2.75, 3.05) is 0 Å². The molecular formula is C26H17Cl2IN2O2S. The molecule has 4 nitrogen and oxygen atoms in total. The van der Waals surface area contributed by atoms with Crippen LogP contribution in [0.15, 0.2) is 77.8 Å². The fraction of sp³-hybridized carbons (Fsp3) is 0.0769. The molecule has 0 bridgehead atoms. The predicted octanol–water partition coefficient (Wildman–Crippen LogP) is 7.84. The molecule has 1 aliphatic rings. The molecule has 1 aliphatic heterocycles. The number of nitrogens with zero attached hydrogens (tertiary/aromatic N) is 2. The highest BCUT2D eigenvalue weighted by Crippen LogP contribution is 2.35. The molecule has 4 aromatic rings. The van der Waals surface area contributed by atoms with Crippen molar-refractivity contribution in [3.63, 3.8) is 0 Å². The minimum atomic E-state index is -0.272. The molecule has 1 aromatic heterocycles. The Morgan fingerprint density at radius 1 is 0.941 bits per heavy atom. The lowest BCUT2D eigenvalue weighted by atomic mass is 10.1. The first kappa shape index (κ1) is 23.5. The molecule has 0 aliphatic carbocycles. The largest absolute Gasteiger partial charge is 0.342 e. The molecule has 3 aromatic carbocycles.